The number of rotatable bonds is 8. The van der Waals surface area contributed by atoms with Crippen LogP contribution >= 0.6 is 0 Å². The van der Waals surface area contributed by atoms with E-state index in [0.717, 1.165) is 43.6 Å². The van der Waals surface area contributed by atoms with E-state index in [0.29, 0.717) is 41.3 Å². The van der Waals surface area contributed by atoms with E-state index in [2.05, 4.69) is 48.9 Å². The highest BCUT2D eigenvalue weighted by molar-refractivity contribution is 5.95. The topological polar surface area (TPSA) is 101 Å². The van der Waals surface area contributed by atoms with Crippen molar-refractivity contribution in [1.82, 2.24) is 24.9 Å². The zero-order chi connectivity index (χ0) is 26.9. The molecule has 4 aromatic rings. The third kappa shape index (κ3) is 5.55. The molecule has 3 aromatic heterocycles. The van der Waals surface area contributed by atoms with Gasteiger partial charge in [-0.05, 0) is 81.0 Å². The van der Waals surface area contributed by atoms with Gasteiger partial charge in [-0.25, -0.2) is 14.5 Å². The number of nitrogens with one attached hydrogen (secondary N) is 2. The molecule has 1 saturated heterocycles. The number of hydrogen-bond donors (Lipinski definition) is 2. The fourth-order valence-corrected chi connectivity index (χ4v) is 6.54. The standard InChI is InChI=1S/C31H37N7O2/c39-30(35-25-10-11-25)24-8-3-7-23(16-24)28-17-32-31(40-28)36-27-9-2-1-6-22(27)15-21-5-4-14-37(18-21)26-12-13-29-33-20-34-38(29)19-26/h3,7-8,12-13,16-17,19-22,25,27H,1-2,4-6,9-11,14-15,18H2,(H,32,36)(H,35,39)/t21-,22+,27-/m1/s1. The Hall–Kier alpha value is -3.88. The summed E-state index contributed by atoms with van der Waals surface area (Å²) in [4.78, 5) is 23.9. The summed E-state index contributed by atoms with van der Waals surface area (Å²) >= 11 is 0. The van der Waals surface area contributed by atoms with Gasteiger partial charge in [-0.1, -0.05) is 25.0 Å². The molecule has 1 aliphatic heterocycles. The predicted molar refractivity (Wildman–Crippen MR) is 154 cm³/mol. The number of piperidine rings is 1. The molecule has 208 valence electrons. The molecule has 3 atom stereocenters. The maximum Gasteiger partial charge on any atom is 0.295 e. The van der Waals surface area contributed by atoms with Gasteiger partial charge in [0, 0.05) is 36.3 Å². The number of anilines is 2. The van der Waals surface area contributed by atoms with Crippen LogP contribution in [0.25, 0.3) is 17.0 Å². The second-order valence-corrected chi connectivity index (χ2v) is 11.8. The zero-order valence-corrected chi connectivity index (χ0v) is 22.8. The summed E-state index contributed by atoms with van der Waals surface area (Å²) in [6.45, 7) is 2.17. The van der Waals surface area contributed by atoms with Gasteiger partial charge in [0.25, 0.3) is 11.9 Å². The molecule has 2 aliphatic carbocycles. The van der Waals surface area contributed by atoms with Gasteiger partial charge < -0.3 is 20.0 Å². The van der Waals surface area contributed by atoms with Crippen LogP contribution in [0.5, 0.6) is 0 Å². The number of hydrogen-bond acceptors (Lipinski definition) is 7. The number of nitrogens with zero attached hydrogens (tertiary/aromatic N) is 5. The van der Waals surface area contributed by atoms with Crippen LogP contribution in [0.2, 0.25) is 0 Å². The summed E-state index contributed by atoms with van der Waals surface area (Å²) in [6.07, 6.45) is 16.2. The summed E-state index contributed by atoms with van der Waals surface area (Å²) in [5.74, 6) is 1.93. The molecule has 9 heteroatoms. The van der Waals surface area contributed by atoms with Gasteiger partial charge in [-0.3, -0.25) is 4.79 Å². The minimum absolute atomic E-state index is 0.0208. The minimum atomic E-state index is -0.0208. The SMILES string of the molecule is O=C(NC1CC1)c1cccc(-c2cnc(N[C@@H]3CCCC[C@H]3C[C@H]3CCCN(c4ccc5ncnn5c4)C3)o2)c1. The first-order chi connectivity index (χ1) is 19.7. The molecular formula is C31H37N7O2. The maximum absolute atomic E-state index is 12.5. The summed E-state index contributed by atoms with van der Waals surface area (Å²) in [6, 6.07) is 13.1. The second kappa shape index (κ2) is 10.9. The first-order valence-electron chi connectivity index (χ1n) is 14.9. The number of amides is 1. The highest BCUT2D eigenvalue weighted by Gasteiger charge is 2.31. The summed E-state index contributed by atoms with van der Waals surface area (Å²) in [7, 11) is 0. The van der Waals surface area contributed by atoms with E-state index in [9.17, 15) is 4.79 Å². The van der Waals surface area contributed by atoms with E-state index in [1.54, 1.807) is 12.5 Å². The molecule has 4 heterocycles. The third-order valence-electron chi connectivity index (χ3n) is 8.82. The fraction of sp³-hybridized carbons (Fsp3) is 0.484. The van der Waals surface area contributed by atoms with Crippen LogP contribution < -0.4 is 15.5 Å². The molecule has 0 spiro atoms. The normalized spacial score (nSPS) is 23.3. The van der Waals surface area contributed by atoms with E-state index in [1.807, 2.05) is 28.8 Å². The Labute approximate surface area is 234 Å². The number of oxazole rings is 1. The maximum atomic E-state index is 12.5. The minimum Gasteiger partial charge on any atom is -0.424 e. The Morgan fingerprint density at radius 2 is 1.95 bits per heavy atom. The van der Waals surface area contributed by atoms with Gasteiger partial charge in [0.05, 0.1) is 18.1 Å². The van der Waals surface area contributed by atoms with E-state index in [1.165, 1.54) is 44.2 Å². The molecular weight excluding hydrogens is 502 g/mol. The first kappa shape index (κ1) is 25.1. The van der Waals surface area contributed by atoms with E-state index < -0.39 is 0 Å². The number of benzene rings is 1. The molecule has 3 fully saturated rings. The van der Waals surface area contributed by atoms with Crippen molar-refractivity contribution in [2.75, 3.05) is 23.3 Å². The van der Waals surface area contributed by atoms with Gasteiger partial charge in [0.1, 0.15) is 6.33 Å². The molecule has 9 nitrogen and oxygen atoms in total. The fourth-order valence-electron chi connectivity index (χ4n) is 6.54. The molecule has 0 radical (unpaired) electrons. The van der Waals surface area contributed by atoms with Crippen molar-refractivity contribution in [3.05, 3.63) is 60.7 Å². The number of fused-ring (bicyclic) bond motifs is 1. The first-order valence-corrected chi connectivity index (χ1v) is 14.9. The van der Waals surface area contributed by atoms with Crippen LogP contribution in [-0.2, 0) is 0 Å². The average Bonchev–Trinajstić information content (AvgIpc) is 3.47. The van der Waals surface area contributed by atoms with Crippen LogP contribution in [0.15, 0.2) is 59.5 Å². The molecule has 7 rings (SSSR count). The van der Waals surface area contributed by atoms with Gasteiger partial charge in [0.15, 0.2) is 11.4 Å². The zero-order valence-electron chi connectivity index (χ0n) is 22.8. The highest BCUT2D eigenvalue weighted by Crippen LogP contribution is 2.36. The number of carbonyl (C=O) groups is 1. The Kier molecular flexibility index (Phi) is 6.87. The van der Waals surface area contributed by atoms with Gasteiger partial charge in [-0.15, -0.1) is 0 Å². The lowest BCUT2D eigenvalue weighted by molar-refractivity contribution is 0.0951. The Morgan fingerprint density at radius 3 is 2.88 bits per heavy atom. The smallest absolute Gasteiger partial charge is 0.295 e. The quantitative estimate of drug-likeness (QED) is 0.303. The van der Waals surface area contributed by atoms with E-state index in [-0.39, 0.29) is 5.91 Å². The lowest BCUT2D eigenvalue weighted by atomic mass is 9.77. The summed E-state index contributed by atoms with van der Waals surface area (Å²) in [5.41, 5.74) is 3.64. The van der Waals surface area contributed by atoms with E-state index in [4.69, 9.17) is 4.42 Å². The van der Waals surface area contributed by atoms with Crippen molar-refractivity contribution >= 4 is 23.3 Å². The average molecular weight is 540 g/mol. The Morgan fingerprint density at radius 1 is 1.02 bits per heavy atom. The third-order valence-corrected chi connectivity index (χ3v) is 8.82. The van der Waals surface area contributed by atoms with Crippen molar-refractivity contribution in [1.29, 1.82) is 0 Å². The number of carbonyl (C=O) groups excluding carboxylic acids is 1. The van der Waals surface area contributed by atoms with Crippen LogP contribution in [0, 0.1) is 11.8 Å². The van der Waals surface area contributed by atoms with Gasteiger partial charge >= 0.3 is 0 Å². The highest BCUT2D eigenvalue weighted by atomic mass is 16.4. The molecule has 2 saturated carbocycles. The lowest BCUT2D eigenvalue weighted by Gasteiger charge is -2.39. The Balaban J connectivity index is 0.996. The summed E-state index contributed by atoms with van der Waals surface area (Å²) in [5, 5.41) is 11.0. The monoisotopic (exact) mass is 539 g/mol. The molecule has 1 amide bonds. The van der Waals surface area contributed by atoms with E-state index >= 15 is 0 Å². The van der Waals surface area contributed by atoms with Crippen molar-refractivity contribution < 1.29 is 9.21 Å². The number of pyridine rings is 1. The van der Waals surface area contributed by atoms with Gasteiger partial charge in [-0.2, -0.15) is 5.10 Å². The molecule has 40 heavy (non-hydrogen) atoms. The lowest BCUT2D eigenvalue weighted by Crippen LogP contribution is -2.39. The largest absolute Gasteiger partial charge is 0.424 e. The molecule has 0 unspecified atom stereocenters. The van der Waals surface area contributed by atoms with Crippen LogP contribution in [0.1, 0.15) is 68.1 Å². The van der Waals surface area contributed by atoms with Crippen molar-refractivity contribution in [2.24, 2.45) is 11.8 Å². The van der Waals surface area contributed by atoms with Crippen LogP contribution in [0.3, 0.4) is 0 Å². The second-order valence-electron chi connectivity index (χ2n) is 11.8. The van der Waals surface area contributed by atoms with Crippen LogP contribution in [0.4, 0.5) is 11.7 Å². The van der Waals surface area contributed by atoms with Crippen molar-refractivity contribution in [3.8, 4) is 11.3 Å². The number of aromatic nitrogens is 4. The Bertz CT molecular complexity index is 1480. The molecule has 2 N–H and O–H groups in total. The van der Waals surface area contributed by atoms with Gasteiger partial charge in [0.2, 0.25) is 0 Å². The van der Waals surface area contributed by atoms with Crippen molar-refractivity contribution in [3.63, 3.8) is 0 Å². The predicted octanol–water partition coefficient (Wildman–Crippen LogP) is 5.55. The molecule has 3 aliphatic rings. The van der Waals surface area contributed by atoms with Crippen molar-refractivity contribution in [2.45, 2.75) is 69.9 Å². The molecule has 1 aromatic carbocycles. The molecule has 0 bridgehead atoms. The van der Waals surface area contributed by atoms with Crippen LogP contribution in [-0.4, -0.2) is 50.7 Å². The summed E-state index contributed by atoms with van der Waals surface area (Å²) < 4.78 is 8.03.